The van der Waals surface area contributed by atoms with Crippen molar-refractivity contribution in [3.05, 3.63) is 64.6 Å². The molecule has 1 aliphatic heterocycles. The molecule has 1 fully saturated rings. The van der Waals surface area contributed by atoms with Crippen molar-refractivity contribution in [3.8, 4) is 0 Å². The van der Waals surface area contributed by atoms with Gasteiger partial charge in [-0.15, -0.1) is 0 Å². The molecule has 3 heterocycles. The SMILES string of the molecule is CC(C)Cn1nc(C(=O)N(CC2CCCO2)c2nc3ccccc3s2)c2ccccc2c1=O. The number of fused-ring (bicyclic) bond motifs is 2. The number of anilines is 1. The average Bonchev–Trinajstić information content (AvgIpc) is 3.48. The Morgan fingerprint density at radius 1 is 1.18 bits per heavy atom. The fraction of sp³-hybridized carbons (Fsp3) is 0.360. The summed E-state index contributed by atoms with van der Waals surface area (Å²) < 4.78 is 8.29. The van der Waals surface area contributed by atoms with Crippen molar-refractivity contribution in [1.82, 2.24) is 14.8 Å². The zero-order valence-corrected chi connectivity index (χ0v) is 19.5. The van der Waals surface area contributed by atoms with Gasteiger partial charge in [-0.2, -0.15) is 5.10 Å². The fourth-order valence-electron chi connectivity index (χ4n) is 4.21. The van der Waals surface area contributed by atoms with E-state index in [1.165, 1.54) is 16.0 Å². The minimum atomic E-state index is -0.265. The molecule has 0 aliphatic carbocycles. The third kappa shape index (κ3) is 4.28. The maximum absolute atomic E-state index is 14.0. The van der Waals surface area contributed by atoms with E-state index in [0.717, 1.165) is 23.1 Å². The second kappa shape index (κ2) is 9.03. The van der Waals surface area contributed by atoms with Crippen molar-refractivity contribution < 1.29 is 9.53 Å². The molecule has 1 atom stereocenters. The number of carbonyl (C=O) groups excluding carboxylic acids is 1. The minimum absolute atomic E-state index is 0.0474. The number of thiazole rings is 1. The molecule has 1 aliphatic rings. The van der Waals surface area contributed by atoms with E-state index >= 15 is 0 Å². The van der Waals surface area contributed by atoms with Crippen molar-refractivity contribution in [3.63, 3.8) is 0 Å². The van der Waals surface area contributed by atoms with Crippen LogP contribution in [0.4, 0.5) is 5.13 Å². The lowest BCUT2D eigenvalue weighted by molar-refractivity contribution is 0.0912. The topological polar surface area (TPSA) is 77.3 Å². The highest BCUT2D eigenvalue weighted by molar-refractivity contribution is 7.22. The van der Waals surface area contributed by atoms with Crippen LogP contribution in [0.5, 0.6) is 0 Å². The first kappa shape index (κ1) is 21.7. The van der Waals surface area contributed by atoms with Crippen LogP contribution < -0.4 is 10.5 Å². The van der Waals surface area contributed by atoms with E-state index in [4.69, 9.17) is 9.72 Å². The lowest BCUT2D eigenvalue weighted by atomic mass is 10.1. The zero-order valence-electron chi connectivity index (χ0n) is 18.7. The van der Waals surface area contributed by atoms with E-state index < -0.39 is 0 Å². The highest BCUT2D eigenvalue weighted by Crippen LogP contribution is 2.31. The summed E-state index contributed by atoms with van der Waals surface area (Å²) in [6.07, 6.45) is 1.83. The number of para-hydroxylation sites is 1. The third-order valence-electron chi connectivity index (χ3n) is 5.78. The van der Waals surface area contributed by atoms with Gasteiger partial charge in [0.25, 0.3) is 11.5 Å². The molecule has 170 valence electrons. The van der Waals surface area contributed by atoms with Gasteiger partial charge < -0.3 is 4.74 Å². The molecule has 0 radical (unpaired) electrons. The van der Waals surface area contributed by atoms with Gasteiger partial charge in [0, 0.05) is 18.5 Å². The molecule has 0 N–H and O–H groups in total. The van der Waals surface area contributed by atoms with E-state index in [0.29, 0.717) is 35.6 Å². The highest BCUT2D eigenvalue weighted by Gasteiger charge is 2.29. The number of amides is 1. The Kier molecular flexibility index (Phi) is 5.95. The van der Waals surface area contributed by atoms with Gasteiger partial charge >= 0.3 is 0 Å². The van der Waals surface area contributed by atoms with Crippen LogP contribution in [0.25, 0.3) is 21.0 Å². The van der Waals surface area contributed by atoms with E-state index in [2.05, 4.69) is 5.10 Å². The maximum Gasteiger partial charge on any atom is 0.281 e. The van der Waals surface area contributed by atoms with Crippen molar-refractivity contribution in [1.29, 1.82) is 0 Å². The maximum atomic E-state index is 14.0. The second-order valence-electron chi connectivity index (χ2n) is 8.79. The zero-order chi connectivity index (χ0) is 22.9. The normalized spacial score (nSPS) is 16.2. The van der Waals surface area contributed by atoms with Gasteiger partial charge in [-0.3, -0.25) is 14.5 Å². The first-order chi connectivity index (χ1) is 16.0. The van der Waals surface area contributed by atoms with Crippen molar-refractivity contribution in [2.75, 3.05) is 18.1 Å². The monoisotopic (exact) mass is 462 g/mol. The van der Waals surface area contributed by atoms with Crippen LogP contribution in [0.1, 0.15) is 37.2 Å². The quantitative estimate of drug-likeness (QED) is 0.422. The van der Waals surface area contributed by atoms with Gasteiger partial charge in [0.2, 0.25) is 0 Å². The molecule has 0 bridgehead atoms. The molecule has 2 aromatic heterocycles. The highest BCUT2D eigenvalue weighted by atomic mass is 32.1. The van der Waals surface area contributed by atoms with E-state index in [1.54, 1.807) is 17.0 Å². The Morgan fingerprint density at radius 2 is 1.94 bits per heavy atom. The standard InChI is InChI=1S/C25H26N4O3S/c1-16(2)14-29-23(30)19-10-4-3-9-18(19)22(27-29)24(31)28(15-17-8-7-13-32-17)25-26-20-11-5-6-12-21(20)33-25/h3-6,9-12,16-17H,7-8,13-15H2,1-2H3. The van der Waals surface area contributed by atoms with Crippen LogP contribution in [0.2, 0.25) is 0 Å². The molecule has 33 heavy (non-hydrogen) atoms. The summed E-state index contributed by atoms with van der Waals surface area (Å²) in [4.78, 5) is 33.5. The van der Waals surface area contributed by atoms with Gasteiger partial charge in [0.1, 0.15) is 0 Å². The third-order valence-corrected chi connectivity index (χ3v) is 6.84. The molecule has 0 saturated carbocycles. The molecule has 7 nitrogen and oxygen atoms in total. The lowest BCUT2D eigenvalue weighted by Gasteiger charge is -2.23. The summed E-state index contributed by atoms with van der Waals surface area (Å²) in [6.45, 7) is 5.59. The van der Waals surface area contributed by atoms with Crippen LogP contribution >= 0.6 is 11.3 Å². The molecular formula is C25H26N4O3S. The summed E-state index contributed by atoms with van der Waals surface area (Å²) >= 11 is 1.48. The number of hydrogen-bond acceptors (Lipinski definition) is 6. The number of nitrogens with zero attached hydrogens (tertiary/aromatic N) is 4. The molecule has 8 heteroatoms. The first-order valence-corrected chi connectivity index (χ1v) is 12.1. The summed E-state index contributed by atoms with van der Waals surface area (Å²) in [7, 11) is 0. The van der Waals surface area contributed by atoms with Crippen molar-refractivity contribution in [2.45, 2.75) is 39.3 Å². The second-order valence-corrected chi connectivity index (χ2v) is 9.80. The van der Waals surface area contributed by atoms with E-state index in [9.17, 15) is 9.59 Å². The number of ether oxygens (including phenoxy) is 1. The largest absolute Gasteiger partial charge is 0.376 e. The summed E-state index contributed by atoms with van der Waals surface area (Å²) in [5.41, 5.74) is 0.940. The molecule has 0 spiro atoms. The Morgan fingerprint density at radius 3 is 2.67 bits per heavy atom. The van der Waals surface area contributed by atoms with E-state index in [1.807, 2.05) is 50.2 Å². The number of aromatic nitrogens is 3. The number of benzene rings is 2. The Labute approximate surface area is 195 Å². The lowest BCUT2D eigenvalue weighted by Crippen LogP contribution is -2.39. The van der Waals surface area contributed by atoms with Gasteiger partial charge in [-0.25, -0.2) is 9.67 Å². The number of carbonyl (C=O) groups is 1. The number of hydrogen-bond donors (Lipinski definition) is 0. The van der Waals surface area contributed by atoms with Crippen LogP contribution in [0.15, 0.2) is 53.3 Å². The molecule has 2 aromatic carbocycles. The van der Waals surface area contributed by atoms with Crippen molar-refractivity contribution in [2.24, 2.45) is 5.92 Å². The Bertz CT molecular complexity index is 1340. The van der Waals surface area contributed by atoms with Gasteiger partial charge in [0.05, 0.1) is 28.3 Å². The molecule has 1 amide bonds. The smallest absolute Gasteiger partial charge is 0.281 e. The molecule has 1 unspecified atom stereocenters. The number of rotatable bonds is 6. The summed E-state index contributed by atoms with van der Waals surface area (Å²) in [6, 6.07) is 15.0. The summed E-state index contributed by atoms with van der Waals surface area (Å²) in [5, 5.41) is 6.24. The van der Waals surface area contributed by atoms with Gasteiger partial charge in [-0.05, 0) is 37.0 Å². The van der Waals surface area contributed by atoms with Crippen LogP contribution in [0.3, 0.4) is 0 Å². The average molecular weight is 463 g/mol. The predicted molar refractivity (Wildman–Crippen MR) is 131 cm³/mol. The minimum Gasteiger partial charge on any atom is -0.376 e. The summed E-state index contributed by atoms with van der Waals surface area (Å²) in [5.74, 6) is -0.0511. The van der Waals surface area contributed by atoms with Crippen LogP contribution in [-0.2, 0) is 11.3 Å². The molecule has 5 rings (SSSR count). The van der Waals surface area contributed by atoms with E-state index in [-0.39, 0.29) is 29.2 Å². The first-order valence-electron chi connectivity index (χ1n) is 11.3. The molecular weight excluding hydrogens is 436 g/mol. The fourth-order valence-corrected chi connectivity index (χ4v) is 5.18. The van der Waals surface area contributed by atoms with Gasteiger partial charge in [-0.1, -0.05) is 55.5 Å². The van der Waals surface area contributed by atoms with Crippen molar-refractivity contribution >= 4 is 43.4 Å². The van der Waals surface area contributed by atoms with Gasteiger partial charge in [0.15, 0.2) is 10.8 Å². The molecule has 1 saturated heterocycles. The van der Waals surface area contributed by atoms with Crippen LogP contribution in [-0.4, -0.2) is 39.9 Å². The molecule has 4 aromatic rings. The Hall–Kier alpha value is -3.10. The van der Waals surface area contributed by atoms with Crippen LogP contribution in [0, 0.1) is 5.92 Å². The Balaban J connectivity index is 1.64. The predicted octanol–water partition coefficient (Wildman–Crippen LogP) is 4.49.